The number of carbonyl (C=O) groups is 1. The van der Waals surface area contributed by atoms with E-state index in [9.17, 15) is 13.2 Å². The van der Waals surface area contributed by atoms with E-state index < -0.39 is 15.9 Å². The number of sulfonamides is 1. The molecule has 1 atom stereocenters. The Hall–Kier alpha value is -4.27. The van der Waals surface area contributed by atoms with Crippen LogP contribution in [-0.2, 0) is 21.4 Å². The predicted molar refractivity (Wildman–Crippen MR) is 163 cm³/mol. The van der Waals surface area contributed by atoms with E-state index in [1.165, 1.54) is 37.0 Å². The van der Waals surface area contributed by atoms with Crippen molar-refractivity contribution in [3.8, 4) is 0 Å². The lowest BCUT2D eigenvalue weighted by Crippen LogP contribution is -2.28. The minimum Gasteiger partial charge on any atom is -0.325 e. The summed E-state index contributed by atoms with van der Waals surface area (Å²) in [5, 5.41) is 2.94. The molecule has 1 amide bonds. The van der Waals surface area contributed by atoms with E-state index in [1.54, 1.807) is 36.4 Å². The molecule has 1 saturated heterocycles. The van der Waals surface area contributed by atoms with Gasteiger partial charge in [-0.05, 0) is 79.0 Å². The Balaban J connectivity index is 1.29. The minimum absolute atomic E-state index is 0.169. The molecular formula is C33H32N4O3S. The molecule has 0 spiro atoms. The summed E-state index contributed by atoms with van der Waals surface area (Å²) >= 11 is 0. The topological polar surface area (TPSA) is 90.9 Å². The standard InChI is InChI=1S/C33H32N4O3S/c38-33-31(29-19-18-27(22-30(29)35-33)36-41(39,40)28-12-6-2-7-13-28)32(25-10-4-1-5-11-25)34-26-16-14-24(15-17-26)23-37-20-8-3-9-21-37/h1-2,4-7,10-19,22,31,36H,3,8-9,20-21,23H2,(H,35,38). The van der Waals surface area contributed by atoms with Gasteiger partial charge in [0.1, 0.15) is 5.92 Å². The maximum atomic E-state index is 13.4. The number of hydrogen-bond donors (Lipinski definition) is 2. The summed E-state index contributed by atoms with van der Waals surface area (Å²) < 4.78 is 28.3. The van der Waals surface area contributed by atoms with E-state index in [-0.39, 0.29) is 10.8 Å². The van der Waals surface area contributed by atoms with Gasteiger partial charge in [0, 0.05) is 12.2 Å². The van der Waals surface area contributed by atoms with Gasteiger partial charge >= 0.3 is 0 Å². The van der Waals surface area contributed by atoms with Gasteiger partial charge in [-0.1, -0.05) is 73.2 Å². The monoisotopic (exact) mass is 564 g/mol. The van der Waals surface area contributed by atoms with Crippen molar-refractivity contribution in [2.75, 3.05) is 23.1 Å². The second-order valence-electron chi connectivity index (χ2n) is 10.5. The molecule has 6 rings (SSSR count). The van der Waals surface area contributed by atoms with Gasteiger partial charge in [-0.3, -0.25) is 19.4 Å². The Bertz CT molecular complexity index is 1670. The Kier molecular flexibility index (Phi) is 7.67. The van der Waals surface area contributed by atoms with Crippen molar-refractivity contribution in [2.24, 2.45) is 4.99 Å². The van der Waals surface area contributed by atoms with Gasteiger partial charge in [0.2, 0.25) is 5.91 Å². The zero-order valence-electron chi connectivity index (χ0n) is 22.7. The smallest absolute Gasteiger partial charge is 0.261 e. The van der Waals surface area contributed by atoms with Crippen LogP contribution in [-0.4, -0.2) is 38.0 Å². The quantitative estimate of drug-likeness (QED) is 0.245. The second kappa shape index (κ2) is 11.7. The molecule has 1 unspecified atom stereocenters. The van der Waals surface area contributed by atoms with Crippen LogP contribution in [0.3, 0.4) is 0 Å². The van der Waals surface area contributed by atoms with Crippen molar-refractivity contribution in [3.05, 3.63) is 120 Å². The summed E-state index contributed by atoms with van der Waals surface area (Å²) in [5.74, 6) is -0.840. The highest BCUT2D eigenvalue weighted by atomic mass is 32.2. The highest BCUT2D eigenvalue weighted by molar-refractivity contribution is 7.92. The first-order valence-corrected chi connectivity index (χ1v) is 15.4. The normalized spacial score (nSPS) is 17.6. The predicted octanol–water partition coefficient (Wildman–Crippen LogP) is 6.33. The SMILES string of the molecule is O=C1Nc2cc(NS(=O)(=O)c3ccccc3)ccc2C1C(=Nc1ccc(CN2CCCCC2)cc1)c1ccccc1. The third kappa shape index (κ3) is 6.09. The number of nitrogens with zero attached hydrogens (tertiary/aromatic N) is 2. The Morgan fingerprint density at radius 1 is 0.854 bits per heavy atom. The summed E-state index contributed by atoms with van der Waals surface area (Å²) in [4.78, 5) is 21.1. The fraction of sp³-hybridized carbons (Fsp3) is 0.212. The van der Waals surface area contributed by atoms with Crippen molar-refractivity contribution in [3.63, 3.8) is 0 Å². The Morgan fingerprint density at radius 2 is 1.54 bits per heavy atom. The number of fused-ring (bicyclic) bond motifs is 1. The summed E-state index contributed by atoms with van der Waals surface area (Å²) in [6, 6.07) is 31.3. The number of hydrogen-bond acceptors (Lipinski definition) is 5. The number of anilines is 2. The third-order valence-corrected chi connectivity index (χ3v) is 8.97. The summed E-state index contributed by atoms with van der Waals surface area (Å²) in [6.45, 7) is 3.22. The van der Waals surface area contributed by atoms with Crippen LogP contribution in [0.5, 0.6) is 0 Å². The highest BCUT2D eigenvalue weighted by Crippen LogP contribution is 2.38. The Labute approximate surface area is 241 Å². The number of amides is 1. The molecule has 0 aliphatic carbocycles. The molecule has 4 aromatic rings. The molecule has 4 aromatic carbocycles. The van der Waals surface area contributed by atoms with Crippen molar-refractivity contribution in [1.82, 2.24) is 4.90 Å². The lowest BCUT2D eigenvalue weighted by atomic mass is 9.90. The van der Waals surface area contributed by atoms with Crippen LogP contribution in [0.2, 0.25) is 0 Å². The van der Waals surface area contributed by atoms with Crippen molar-refractivity contribution in [2.45, 2.75) is 36.6 Å². The van der Waals surface area contributed by atoms with E-state index in [0.29, 0.717) is 17.1 Å². The van der Waals surface area contributed by atoms with Crippen LogP contribution in [0.15, 0.2) is 113 Å². The zero-order chi connectivity index (χ0) is 28.2. The van der Waals surface area contributed by atoms with Gasteiger partial charge in [-0.2, -0.15) is 0 Å². The maximum absolute atomic E-state index is 13.4. The number of likely N-dealkylation sites (tertiary alicyclic amines) is 1. The van der Waals surface area contributed by atoms with Crippen molar-refractivity contribution in [1.29, 1.82) is 0 Å². The first-order valence-electron chi connectivity index (χ1n) is 13.9. The number of rotatable bonds is 8. The zero-order valence-corrected chi connectivity index (χ0v) is 23.5. The maximum Gasteiger partial charge on any atom is 0.261 e. The summed E-state index contributed by atoms with van der Waals surface area (Å²) in [6.07, 6.45) is 3.83. The first-order chi connectivity index (χ1) is 20.0. The molecule has 8 heteroatoms. The number of benzene rings is 4. The van der Waals surface area contributed by atoms with E-state index in [2.05, 4.69) is 27.1 Å². The van der Waals surface area contributed by atoms with Crippen LogP contribution in [0.25, 0.3) is 0 Å². The molecule has 2 aliphatic rings. The van der Waals surface area contributed by atoms with Crippen LogP contribution < -0.4 is 10.0 Å². The number of piperidine rings is 1. The van der Waals surface area contributed by atoms with E-state index in [4.69, 9.17) is 4.99 Å². The van der Waals surface area contributed by atoms with Gasteiger partial charge in [0.05, 0.1) is 22.0 Å². The highest BCUT2D eigenvalue weighted by Gasteiger charge is 2.35. The molecule has 0 saturated carbocycles. The molecule has 7 nitrogen and oxygen atoms in total. The van der Waals surface area contributed by atoms with Gasteiger partial charge in [0.25, 0.3) is 10.0 Å². The molecule has 2 aliphatic heterocycles. The van der Waals surface area contributed by atoms with E-state index >= 15 is 0 Å². The van der Waals surface area contributed by atoms with E-state index in [0.717, 1.165) is 36.4 Å². The van der Waals surface area contributed by atoms with Gasteiger partial charge < -0.3 is 5.32 Å². The van der Waals surface area contributed by atoms with Crippen LogP contribution in [0, 0.1) is 0 Å². The third-order valence-electron chi connectivity index (χ3n) is 7.57. The van der Waals surface area contributed by atoms with Gasteiger partial charge in [-0.15, -0.1) is 0 Å². The summed E-state index contributed by atoms with van der Waals surface area (Å²) in [7, 11) is -3.76. The largest absolute Gasteiger partial charge is 0.325 e. The molecule has 41 heavy (non-hydrogen) atoms. The van der Waals surface area contributed by atoms with Gasteiger partial charge in [-0.25, -0.2) is 8.42 Å². The second-order valence-corrected chi connectivity index (χ2v) is 12.2. The number of carbonyl (C=O) groups excluding carboxylic acids is 1. The Morgan fingerprint density at radius 3 is 2.24 bits per heavy atom. The first kappa shape index (κ1) is 26.9. The van der Waals surface area contributed by atoms with Crippen molar-refractivity contribution < 1.29 is 13.2 Å². The molecule has 0 bridgehead atoms. The average Bonchev–Trinajstić information content (AvgIpc) is 3.32. The minimum atomic E-state index is -3.76. The van der Waals surface area contributed by atoms with Crippen LogP contribution in [0.1, 0.15) is 41.9 Å². The van der Waals surface area contributed by atoms with E-state index in [1.807, 2.05) is 42.5 Å². The number of nitrogens with one attached hydrogen (secondary N) is 2. The number of aliphatic imine (C=N–C) groups is 1. The molecule has 2 N–H and O–H groups in total. The van der Waals surface area contributed by atoms with Gasteiger partial charge in [0.15, 0.2) is 0 Å². The van der Waals surface area contributed by atoms with Crippen molar-refractivity contribution >= 4 is 38.7 Å². The lowest BCUT2D eigenvalue weighted by Gasteiger charge is -2.26. The molecule has 0 aromatic heterocycles. The molecule has 1 fully saturated rings. The molecular weight excluding hydrogens is 532 g/mol. The van der Waals surface area contributed by atoms with Crippen LogP contribution in [0.4, 0.5) is 17.1 Å². The summed E-state index contributed by atoms with van der Waals surface area (Å²) in [5.41, 5.74) is 5.21. The average molecular weight is 565 g/mol. The fourth-order valence-electron chi connectivity index (χ4n) is 5.51. The van der Waals surface area contributed by atoms with Crippen LogP contribution >= 0.6 is 0 Å². The fourth-order valence-corrected chi connectivity index (χ4v) is 6.58. The molecule has 208 valence electrons. The molecule has 0 radical (unpaired) electrons. The molecule has 2 heterocycles. The lowest BCUT2D eigenvalue weighted by molar-refractivity contribution is -0.115.